The number of benzene rings is 2. The maximum Gasteiger partial charge on any atom is 0.239 e. The molecule has 0 saturated carbocycles. The highest BCUT2D eigenvalue weighted by molar-refractivity contribution is 7.99. The number of hydrogen-bond donors (Lipinski definition) is 1. The molecule has 0 aromatic heterocycles. The van der Waals surface area contributed by atoms with Gasteiger partial charge in [0.15, 0.2) is 0 Å². The van der Waals surface area contributed by atoms with Crippen molar-refractivity contribution in [2.45, 2.75) is 49.7 Å². The van der Waals surface area contributed by atoms with Gasteiger partial charge in [-0.2, -0.15) is 0 Å². The third-order valence-corrected chi connectivity index (χ3v) is 6.63. The minimum Gasteiger partial charge on any atom is -0.355 e. The average molecular weight is 447 g/mol. The Balaban J connectivity index is 1.25. The summed E-state index contributed by atoms with van der Waals surface area (Å²) in [6.07, 6.45) is 4.55. The molecular formula is C24H28F2N2O2S. The monoisotopic (exact) mass is 446 g/mol. The Hall–Kier alpha value is -2.41. The van der Waals surface area contributed by atoms with Crippen LogP contribution in [0.4, 0.5) is 8.78 Å². The zero-order chi connectivity index (χ0) is 22.1. The largest absolute Gasteiger partial charge is 0.355 e. The van der Waals surface area contributed by atoms with Crippen molar-refractivity contribution in [3.8, 4) is 0 Å². The summed E-state index contributed by atoms with van der Waals surface area (Å²) in [7, 11) is 0. The highest BCUT2D eigenvalue weighted by Gasteiger charge is 2.37. The van der Waals surface area contributed by atoms with Crippen molar-refractivity contribution >= 4 is 23.6 Å². The number of aryl methyl sites for hydroxylation is 1. The second-order valence-electron chi connectivity index (χ2n) is 7.73. The number of nitrogens with one attached hydrogen (secondary N) is 1. The Labute approximate surface area is 186 Å². The molecule has 0 bridgehead atoms. The SMILES string of the molecule is O=C(CN1C(=O)CC1SCc1ccccc1)NCCCCCCc1ccc(F)cc1F. The van der Waals surface area contributed by atoms with Crippen molar-refractivity contribution in [3.63, 3.8) is 0 Å². The molecule has 1 unspecified atom stereocenters. The van der Waals surface area contributed by atoms with Crippen LogP contribution >= 0.6 is 11.8 Å². The number of halogens is 2. The first-order chi connectivity index (χ1) is 15.0. The van der Waals surface area contributed by atoms with E-state index in [-0.39, 0.29) is 23.7 Å². The minimum absolute atomic E-state index is 0.0220. The molecule has 1 N–H and O–H groups in total. The van der Waals surface area contributed by atoms with Crippen LogP contribution in [0, 0.1) is 11.6 Å². The molecule has 4 nitrogen and oxygen atoms in total. The number of hydrogen-bond acceptors (Lipinski definition) is 3. The molecular weight excluding hydrogens is 418 g/mol. The molecule has 31 heavy (non-hydrogen) atoms. The van der Waals surface area contributed by atoms with Crippen LogP contribution in [-0.2, 0) is 21.8 Å². The van der Waals surface area contributed by atoms with Gasteiger partial charge in [0.1, 0.15) is 18.2 Å². The first-order valence-corrected chi connectivity index (χ1v) is 11.7. The van der Waals surface area contributed by atoms with E-state index in [0.717, 1.165) is 37.5 Å². The smallest absolute Gasteiger partial charge is 0.239 e. The van der Waals surface area contributed by atoms with Crippen molar-refractivity contribution in [3.05, 3.63) is 71.3 Å². The van der Waals surface area contributed by atoms with Crippen molar-refractivity contribution in [1.29, 1.82) is 0 Å². The van der Waals surface area contributed by atoms with Gasteiger partial charge in [-0.15, -0.1) is 11.8 Å². The summed E-state index contributed by atoms with van der Waals surface area (Å²) in [6, 6.07) is 13.8. The molecule has 2 aromatic carbocycles. The maximum absolute atomic E-state index is 13.6. The fourth-order valence-electron chi connectivity index (χ4n) is 3.49. The number of likely N-dealkylation sites (tertiary alicyclic amines) is 1. The maximum atomic E-state index is 13.6. The van der Waals surface area contributed by atoms with Gasteiger partial charge in [-0.25, -0.2) is 8.78 Å². The molecule has 0 spiro atoms. The van der Waals surface area contributed by atoms with Crippen LogP contribution < -0.4 is 5.32 Å². The van der Waals surface area contributed by atoms with Crippen molar-refractivity contribution in [1.82, 2.24) is 10.2 Å². The summed E-state index contributed by atoms with van der Waals surface area (Å²) in [6.45, 7) is 0.669. The molecule has 1 atom stereocenters. The lowest BCUT2D eigenvalue weighted by atomic mass is 10.1. The van der Waals surface area contributed by atoms with Gasteiger partial charge < -0.3 is 10.2 Å². The first-order valence-electron chi connectivity index (χ1n) is 10.7. The normalized spacial score (nSPS) is 15.6. The highest BCUT2D eigenvalue weighted by Crippen LogP contribution is 2.31. The van der Waals surface area contributed by atoms with Crippen LogP contribution in [0.15, 0.2) is 48.5 Å². The van der Waals surface area contributed by atoms with Crippen LogP contribution in [0.2, 0.25) is 0 Å². The van der Waals surface area contributed by atoms with Gasteiger partial charge in [0, 0.05) is 18.4 Å². The van der Waals surface area contributed by atoms with Gasteiger partial charge in [-0.05, 0) is 36.5 Å². The number of rotatable bonds is 12. The van der Waals surface area contributed by atoms with E-state index in [4.69, 9.17) is 0 Å². The minimum atomic E-state index is -0.557. The Morgan fingerprint density at radius 2 is 1.84 bits per heavy atom. The summed E-state index contributed by atoms with van der Waals surface area (Å²) >= 11 is 1.69. The Morgan fingerprint density at radius 1 is 1.06 bits per heavy atom. The van der Waals surface area contributed by atoms with Crippen LogP contribution in [0.3, 0.4) is 0 Å². The number of amides is 2. The summed E-state index contributed by atoms with van der Waals surface area (Å²) in [5.74, 6) is -0.342. The lowest BCUT2D eigenvalue weighted by molar-refractivity contribution is -0.145. The molecule has 0 aliphatic carbocycles. The van der Waals surface area contributed by atoms with Crippen molar-refractivity contribution < 1.29 is 18.4 Å². The number of unbranched alkanes of at least 4 members (excludes halogenated alkanes) is 3. The second kappa shape index (κ2) is 11.8. The number of thioether (sulfide) groups is 1. The Bertz CT molecular complexity index is 879. The lowest BCUT2D eigenvalue weighted by Gasteiger charge is -2.39. The van der Waals surface area contributed by atoms with Gasteiger partial charge in [0.05, 0.1) is 11.8 Å². The molecule has 1 aliphatic rings. The van der Waals surface area contributed by atoms with E-state index in [0.29, 0.717) is 24.9 Å². The fraction of sp³-hybridized carbons (Fsp3) is 0.417. The second-order valence-corrected chi connectivity index (χ2v) is 8.89. The summed E-state index contributed by atoms with van der Waals surface area (Å²) in [4.78, 5) is 25.7. The molecule has 2 aromatic rings. The van der Waals surface area contributed by atoms with E-state index >= 15 is 0 Å². The quantitative estimate of drug-likeness (QED) is 0.381. The molecule has 0 radical (unpaired) electrons. The molecule has 7 heteroatoms. The summed E-state index contributed by atoms with van der Waals surface area (Å²) in [5, 5.41) is 2.94. The van der Waals surface area contributed by atoms with Crippen molar-refractivity contribution in [2.75, 3.05) is 13.1 Å². The van der Waals surface area contributed by atoms with E-state index < -0.39 is 11.6 Å². The zero-order valence-corrected chi connectivity index (χ0v) is 18.3. The molecule has 1 heterocycles. The van der Waals surface area contributed by atoms with Gasteiger partial charge in [-0.3, -0.25) is 9.59 Å². The number of nitrogens with zero attached hydrogens (tertiary/aromatic N) is 1. The number of carbonyl (C=O) groups excluding carboxylic acids is 2. The predicted molar refractivity (Wildman–Crippen MR) is 119 cm³/mol. The van der Waals surface area contributed by atoms with Crippen LogP contribution in [-0.4, -0.2) is 35.2 Å². The third kappa shape index (κ3) is 7.35. The molecule has 1 saturated heterocycles. The molecule has 1 fully saturated rings. The van der Waals surface area contributed by atoms with Gasteiger partial charge in [0.2, 0.25) is 11.8 Å². The Morgan fingerprint density at radius 3 is 2.58 bits per heavy atom. The summed E-state index contributed by atoms with van der Waals surface area (Å²) in [5.41, 5.74) is 1.74. The van der Waals surface area contributed by atoms with Crippen LogP contribution in [0.25, 0.3) is 0 Å². The predicted octanol–water partition coefficient (Wildman–Crippen LogP) is 4.68. The fourth-order valence-corrected chi connectivity index (χ4v) is 4.70. The van der Waals surface area contributed by atoms with Crippen molar-refractivity contribution in [2.24, 2.45) is 0 Å². The average Bonchev–Trinajstić information content (AvgIpc) is 2.76. The molecule has 1 aliphatic heterocycles. The van der Waals surface area contributed by atoms with Gasteiger partial charge in [-0.1, -0.05) is 49.2 Å². The lowest BCUT2D eigenvalue weighted by Crippen LogP contribution is -2.54. The topological polar surface area (TPSA) is 49.4 Å². The summed E-state index contributed by atoms with van der Waals surface area (Å²) < 4.78 is 26.5. The first kappa shape index (κ1) is 23.3. The van der Waals surface area contributed by atoms with Gasteiger partial charge in [0.25, 0.3) is 0 Å². The van der Waals surface area contributed by atoms with Crippen LogP contribution in [0.5, 0.6) is 0 Å². The van der Waals surface area contributed by atoms with Crippen LogP contribution in [0.1, 0.15) is 43.2 Å². The number of β-lactam (4-membered cyclic amide) rings is 1. The third-order valence-electron chi connectivity index (χ3n) is 5.33. The molecule has 166 valence electrons. The zero-order valence-electron chi connectivity index (χ0n) is 17.5. The van der Waals surface area contributed by atoms with E-state index in [1.807, 2.05) is 18.2 Å². The molecule has 3 rings (SSSR count). The van der Waals surface area contributed by atoms with E-state index in [2.05, 4.69) is 17.4 Å². The van der Waals surface area contributed by atoms with Gasteiger partial charge >= 0.3 is 0 Å². The molecule has 2 amide bonds. The highest BCUT2D eigenvalue weighted by atomic mass is 32.2. The number of carbonyl (C=O) groups is 2. The Kier molecular flexibility index (Phi) is 8.88. The standard InChI is InChI=1S/C24H28F2N2O2S/c25-20-12-11-19(21(26)14-20)10-6-1-2-7-13-27-22(29)16-28-23(30)15-24(28)31-17-18-8-4-3-5-9-18/h3-5,8-9,11-12,14,24H,1-2,6-7,10,13,15-17H2,(H,27,29). The van der Waals surface area contributed by atoms with E-state index in [1.54, 1.807) is 16.7 Å². The van der Waals surface area contributed by atoms with E-state index in [9.17, 15) is 18.4 Å². The van der Waals surface area contributed by atoms with E-state index in [1.165, 1.54) is 17.7 Å².